The Labute approximate surface area is 119 Å². The number of hydrogen-bond acceptors (Lipinski definition) is 3. The van der Waals surface area contributed by atoms with Crippen molar-refractivity contribution in [3.8, 4) is 11.5 Å². The molecule has 96 valence electrons. The van der Waals surface area contributed by atoms with Gasteiger partial charge in [-0.1, -0.05) is 35.3 Å². The Morgan fingerprint density at radius 1 is 1.11 bits per heavy atom. The predicted molar refractivity (Wildman–Crippen MR) is 78.6 cm³/mol. The molecule has 1 aromatic heterocycles. The van der Waals surface area contributed by atoms with Gasteiger partial charge in [-0.15, -0.1) is 0 Å². The van der Waals surface area contributed by atoms with Crippen molar-refractivity contribution in [2.45, 2.75) is 6.92 Å². The number of nitrogens with zero attached hydrogens (tertiary/aromatic N) is 1. The van der Waals surface area contributed by atoms with Crippen LogP contribution >= 0.6 is 23.2 Å². The molecule has 0 fully saturated rings. The molecule has 0 saturated carbocycles. The molecular weight excluding hydrogens is 283 g/mol. The maximum Gasteiger partial charge on any atom is 0.230 e. The third kappa shape index (κ3) is 1.95. The van der Waals surface area contributed by atoms with Crippen molar-refractivity contribution in [3.05, 3.63) is 45.9 Å². The van der Waals surface area contributed by atoms with Gasteiger partial charge in [-0.25, -0.2) is 4.98 Å². The summed E-state index contributed by atoms with van der Waals surface area (Å²) in [5.41, 5.74) is 9.39. The van der Waals surface area contributed by atoms with Crippen molar-refractivity contribution in [2.24, 2.45) is 0 Å². The summed E-state index contributed by atoms with van der Waals surface area (Å²) in [6.45, 7) is 1.97. The lowest BCUT2D eigenvalue weighted by Gasteiger charge is -2.05. The van der Waals surface area contributed by atoms with Crippen molar-refractivity contribution in [2.75, 3.05) is 5.73 Å². The number of hydrogen-bond donors (Lipinski definition) is 1. The second-order valence-corrected chi connectivity index (χ2v) is 5.07. The van der Waals surface area contributed by atoms with Crippen LogP contribution in [0.15, 0.2) is 34.7 Å². The predicted octanol–water partition coefficient (Wildman–Crippen LogP) is 4.69. The lowest BCUT2D eigenvalue weighted by atomic mass is 10.2. The summed E-state index contributed by atoms with van der Waals surface area (Å²) in [6, 6.07) is 9.06. The first-order chi connectivity index (χ1) is 9.08. The number of anilines is 1. The molecular formula is C14H10Cl2N2O. The number of fused-ring (bicyclic) bond motifs is 1. The zero-order valence-corrected chi connectivity index (χ0v) is 11.6. The fourth-order valence-electron chi connectivity index (χ4n) is 1.98. The van der Waals surface area contributed by atoms with Crippen LogP contribution in [0.1, 0.15) is 5.56 Å². The number of aromatic nitrogens is 1. The second-order valence-electron chi connectivity index (χ2n) is 4.26. The van der Waals surface area contributed by atoms with Crippen LogP contribution in [0, 0.1) is 6.92 Å². The number of nitrogens with two attached hydrogens (primary N) is 1. The second kappa shape index (κ2) is 4.44. The van der Waals surface area contributed by atoms with Gasteiger partial charge < -0.3 is 10.2 Å². The van der Waals surface area contributed by atoms with E-state index < -0.39 is 0 Å². The third-order valence-corrected chi connectivity index (χ3v) is 3.62. The van der Waals surface area contributed by atoms with Gasteiger partial charge in [-0.3, -0.25) is 0 Å². The Bertz CT molecular complexity index is 780. The summed E-state index contributed by atoms with van der Waals surface area (Å²) < 4.78 is 5.72. The summed E-state index contributed by atoms with van der Waals surface area (Å²) in [7, 11) is 0. The molecule has 0 amide bonds. The van der Waals surface area contributed by atoms with Crippen LogP contribution < -0.4 is 5.73 Å². The van der Waals surface area contributed by atoms with Crippen LogP contribution in [0.5, 0.6) is 0 Å². The van der Waals surface area contributed by atoms with Crippen molar-refractivity contribution in [3.63, 3.8) is 0 Å². The Balaban J connectivity index is 2.31. The van der Waals surface area contributed by atoms with Gasteiger partial charge in [0.15, 0.2) is 5.58 Å². The van der Waals surface area contributed by atoms with Gasteiger partial charge in [0.05, 0.1) is 21.3 Å². The van der Waals surface area contributed by atoms with Gasteiger partial charge in [0.1, 0.15) is 5.52 Å². The van der Waals surface area contributed by atoms with Gasteiger partial charge in [-0.05, 0) is 30.7 Å². The number of nitrogen functional groups attached to an aromatic ring is 1. The van der Waals surface area contributed by atoms with Crippen LogP contribution in [0.4, 0.5) is 5.69 Å². The highest BCUT2D eigenvalue weighted by Crippen LogP contribution is 2.38. The molecule has 0 saturated heterocycles. The Morgan fingerprint density at radius 2 is 1.84 bits per heavy atom. The Kier molecular flexibility index (Phi) is 2.88. The van der Waals surface area contributed by atoms with E-state index in [1.165, 1.54) is 0 Å². The minimum Gasteiger partial charge on any atom is -0.436 e. The van der Waals surface area contributed by atoms with E-state index in [9.17, 15) is 0 Å². The topological polar surface area (TPSA) is 52.0 Å². The quantitative estimate of drug-likeness (QED) is 0.662. The van der Waals surface area contributed by atoms with Gasteiger partial charge in [0.25, 0.3) is 0 Å². The van der Waals surface area contributed by atoms with E-state index in [2.05, 4.69) is 4.98 Å². The van der Waals surface area contributed by atoms with Gasteiger partial charge in [-0.2, -0.15) is 0 Å². The number of rotatable bonds is 1. The molecule has 0 aliphatic rings. The van der Waals surface area contributed by atoms with Crippen molar-refractivity contribution >= 4 is 40.0 Å². The summed E-state index contributed by atoms with van der Waals surface area (Å²) in [5, 5.41) is 0.893. The number of aryl methyl sites for hydroxylation is 1. The molecule has 0 radical (unpaired) electrons. The molecule has 1 heterocycles. The normalized spacial score (nSPS) is 11.1. The van der Waals surface area contributed by atoms with Crippen molar-refractivity contribution in [1.29, 1.82) is 0 Å². The molecule has 3 aromatic rings. The minimum absolute atomic E-state index is 0.373. The van der Waals surface area contributed by atoms with E-state index in [0.29, 0.717) is 32.8 Å². The van der Waals surface area contributed by atoms with E-state index in [1.807, 2.05) is 25.1 Å². The largest absolute Gasteiger partial charge is 0.436 e. The molecule has 0 aliphatic heterocycles. The lowest BCUT2D eigenvalue weighted by molar-refractivity contribution is 0.620. The Morgan fingerprint density at radius 3 is 2.58 bits per heavy atom. The maximum absolute atomic E-state index is 6.16. The van der Waals surface area contributed by atoms with E-state index in [-0.39, 0.29) is 0 Å². The molecule has 3 nitrogen and oxygen atoms in total. The Hall–Kier alpha value is -1.71. The van der Waals surface area contributed by atoms with Crippen molar-refractivity contribution in [1.82, 2.24) is 4.98 Å². The molecule has 2 aromatic carbocycles. The standard InChI is InChI=1S/C14H10Cl2N2O/c1-7-3-2-4-10-13(7)18-14(19-10)11-8(15)5-6-9(16)12(11)17/h2-6H,17H2,1H3. The molecule has 5 heteroatoms. The van der Waals surface area contributed by atoms with E-state index in [1.54, 1.807) is 12.1 Å². The monoisotopic (exact) mass is 292 g/mol. The zero-order chi connectivity index (χ0) is 13.6. The highest BCUT2D eigenvalue weighted by atomic mass is 35.5. The first kappa shape index (κ1) is 12.3. The van der Waals surface area contributed by atoms with Gasteiger partial charge in [0.2, 0.25) is 5.89 Å². The molecule has 0 spiro atoms. The summed E-state index contributed by atoms with van der Waals surface area (Å²) in [4.78, 5) is 4.46. The highest BCUT2D eigenvalue weighted by molar-refractivity contribution is 6.37. The van der Waals surface area contributed by atoms with E-state index >= 15 is 0 Å². The number of oxazole rings is 1. The van der Waals surface area contributed by atoms with Crippen LogP contribution in [0.3, 0.4) is 0 Å². The number of para-hydroxylation sites is 1. The van der Waals surface area contributed by atoms with Crippen LogP contribution in [0.25, 0.3) is 22.6 Å². The molecule has 0 atom stereocenters. The molecule has 0 unspecified atom stereocenters. The van der Waals surface area contributed by atoms with Crippen LogP contribution in [-0.2, 0) is 0 Å². The first-order valence-corrected chi connectivity index (χ1v) is 6.43. The van der Waals surface area contributed by atoms with Gasteiger partial charge >= 0.3 is 0 Å². The summed E-state index contributed by atoms with van der Waals surface area (Å²) >= 11 is 12.2. The molecule has 2 N–H and O–H groups in total. The first-order valence-electron chi connectivity index (χ1n) is 5.68. The average Bonchev–Trinajstić information content (AvgIpc) is 2.80. The number of benzene rings is 2. The van der Waals surface area contributed by atoms with Crippen LogP contribution in [-0.4, -0.2) is 4.98 Å². The van der Waals surface area contributed by atoms with Gasteiger partial charge in [0, 0.05) is 0 Å². The average molecular weight is 293 g/mol. The fraction of sp³-hybridized carbons (Fsp3) is 0.0714. The summed E-state index contributed by atoms with van der Waals surface area (Å²) in [6.07, 6.45) is 0. The zero-order valence-electron chi connectivity index (χ0n) is 10.1. The molecule has 19 heavy (non-hydrogen) atoms. The van der Waals surface area contributed by atoms with E-state index in [4.69, 9.17) is 33.4 Å². The SMILES string of the molecule is Cc1cccc2oc(-c3c(Cl)ccc(Cl)c3N)nc12. The third-order valence-electron chi connectivity index (χ3n) is 2.98. The molecule has 0 aliphatic carbocycles. The number of halogens is 2. The minimum atomic E-state index is 0.373. The van der Waals surface area contributed by atoms with Crippen molar-refractivity contribution < 1.29 is 4.42 Å². The molecule has 3 rings (SSSR count). The summed E-state index contributed by atoms with van der Waals surface area (Å²) in [5.74, 6) is 0.384. The maximum atomic E-state index is 6.16. The fourth-order valence-corrected chi connectivity index (χ4v) is 2.38. The molecule has 0 bridgehead atoms. The van der Waals surface area contributed by atoms with E-state index in [0.717, 1.165) is 11.1 Å². The highest BCUT2D eigenvalue weighted by Gasteiger charge is 2.17. The lowest BCUT2D eigenvalue weighted by Crippen LogP contribution is -1.92. The van der Waals surface area contributed by atoms with Crippen LogP contribution in [0.2, 0.25) is 10.0 Å². The smallest absolute Gasteiger partial charge is 0.230 e.